The van der Waals surface area contributed by atoms with Crippen LogP contribution in [0, 0.1) is 0 Å². The molecule has 0 saturated carbocycles. The fourth-order valence-electron chi connectivity index (χ4n) is 3.49. The van der Waals surface area contributed by atoms with Crippen molar-refractivity contribution >= 4 is 23.6 Å². The minimum atomic E-state index is 0.0134. The van der Waals surface area contributed by atoms with Crippen LogP contribution in [0.25, 0.3) is 28.3 Å². The molecular formula is C29H24OS. The summed E-state index contributed by atoms with van der Waals surface area (Å²) in [7, 11) is 0. The highest BCUT2D eigenvalue weighted by molar-refractivity contribution is 7.99. The van der Waals surface area contributed by atoms with E-state index < -0.39 is 0 Å². The predicted molar refractivity (Wildman–Crippen MR) is 134 cm³/mol. The Morgan fingerprint density at radius 3 is 1.77 bits per heavy atom. The van der Waals surface area contributed by atoms with E-state index in [1.165, 1.54) is 4.90 Å². The van der Waals surface area contributed by atoms with E-state index in [2.05, 4.69) is 49.4 Å². The lowest BCUT2D eigenvalue weighted by atomic mass is 9.95. The number of ketones is 1. The van der Waals surface area contributed by atoms with Crippen LogP contribution >= 0.6 is 11.8 Å². The number of allylic oxidation sites excluding steroid dienone is 1. The van der Waals surface area contributed by atoms with E-state index in [-0.39, 0.29) is 5.78 Å². The molecule has 2 heteroatoms. The molecule has 152 valence electrons. The summed E-state index contributed by atoms with van der Waals surface area (Å²) in [4.78, 5) is 13.9. The second-order valence-electron chi connectivity index (χ2n) is 7.23. The summed E-state index contributed by atoms with van der Waals surface area (Å²) in [5.74, 6) is 1.04. The monoisotopic (exact) mass is 420 g/mol. The standard InChI is InChI=1S/C29H24OS/c1-2-31-28-16-14-25(15-17-28)29(30)18-13-22-19-26(23-9-5-3-6-10-23)21-27(20-22)24-11-7-4-8-12-24/h3-21H,2H2,1H3/b18-13+. The molecule has 0 unspecified atom stereocenters. The third kappa shape index (κ3) is 5.42. The van der Waals surface area contributed by atoms with Crippen molar-refractivity contribution in [1.82, 2.24) is 0 Å². The molecule has 0 atom stereocenters. The lowest BCUT2D eigenvalue weighted by Gasteiger charge is -2.09. The van der Waals surface area contributed by atoms with Gasteiger partial charge in [0.05, 0.1) is 0 Å². The summed E-state index contributed by atoms with van der Waals surface area (Å²) >= 11 is 1.78. The Morgan fingerprint density at radius 2 is 1.26 bits per heavy atom. The van der Waals surface area contributed by atoms with Crippen molar-refractivity contribution in [2.75, 3.05) is 5.75 Å². The van der Waals surface area contributed by atoms with Gasteiger partial charge in [0.2, 0.25) is 0 Å². The highest BCUT2D eigenvalue weighted by atomic mass is 32.2. The van der Waals surface area contributed by atoms with Gasteiger partial charge < -0.3 is 0 Å². The molecule has 0 spiro atoms. The zero-order valence-electron chi connectivity index (χ0n) is 17.5. The smallest absolute Gasteiger partial charge is 0.185 e. The lowest BCUT2D eigenvalue weighted by molar-refractivity contribution is 0.104. The number of rotatable bonds is 7. The number of hydrogen-bond acceptors (Lipinski definition) is 2. The SMILES string of the molecule is CCSc1ccc(C(=O)/C=C/c2cc(-c3ccccc3)cc(-c3ccccc3)c2)cc1. The van der Waals surface area contributed by atoms with Crippen LogP contribution < -0.4 is 0 Å². The average molecular weight is 421 g/mol. The molecule has 1 nitrogen and oxygen atoms in total. The van der Waals surface area contributed by atoms with E-state index in [9.17, 15) is 4.79 Å². The van der Waals surface area contributed by atoms with Crippen LogP contribution in [-0.2, 0) is 0 Å². The largest absolute Gasteiger partial charge is 0.289 e. The molecule has 4 rings (SSSR count). The molecule has 0 aliphatic heterocycles. The Hall–Kier alpha value is -3.36. The zero-order valence-corrected chi connectivity index (χ0v) is 18.3. The van der Waals surface area contributed by atoms with Crippen LogP contribution in [-0.4, -0.2) is 11.5 Å². The van der Waals surface area contributed by atoms with Gasteiger partial charge in [0, 0.05) is 10.5 Å². The third-order valence-corrected chi connectivity index (χ3v) is 5.94. The molecule has 0 saturated heterocycles. The topological polar surface area (TPSA) is 17.1 Å². The molecule has 0 aliphatic rings. The van der Waals surface area contributed by atoms with Gasteiger partial charge in [0.1, 0.15) is 0 Å². The number of carbonyl (C=O) groups excluding carboxylic acids is 1. The van der Waals surface area contributed by atoms with E-state index in [0.29, 0.717) is 5.56 Å². The Labute approximate surface area is 188 Å². The van der Waals surface area contributed by atoms with E-state index >= 15 is 0 Å². The fraction of sp³-hybridized carbons (Fsp3) is 0.0690. The second kappa shape index (κ2) is 10.1. The van der Waals surface area contributed by atoms with Gasteiger partial charge in [-0.15, -0.1) is 11.8 Å². The number of carbonyl (C=O) groups is 1. The van der Waals surface area contributed by atoms with Gasteiger partial charge in [-0.05, 0) is 82.1 Å². The van der Waals surface area contributed by atoms with Crippen LogP contribution in [0.1, 0.15) is 22.8 Å². The lowest BCUT2D eigenvalue weighted by Crippen LogP contribution is -1.93. The quantitative estimate of drug-likeness (QED) is 0.171. The van der Waals surface area contributed by atoms with Crippen LogP contribution in [0.3, 0.4) is 0 Å². The first kappa shape index (κ1) is 20.9. The molecule has 4 aromatic rings. The molecule has 0 fully saturated rings. The number of thioether (sulfide) groups is 1. The third-order valence-electron chi connectivity index (χ3n) is 5.05. The van der Waals surface area contributed by atoms with Gasteiger partial charge in [0.25, 0.3) is 0 Å². The molecule has 0 aromatic heterocycles. The van der Waals surface area contributed by atoms with E-state index in [1.807, 2.05) is 66.7 Å². The van der Waals surface area contributed by atoms with Crippen molar-refractivity contribution in [3.05, 3.63) is 120 Å². The summed E-state index contributed by atoms with van der Waals surface area (Å²) in [5.41, 5.74) is 6.30. The summed E-state index contributed by atoms with van der Waals surface area (Å²) in [6, 6.07) is 35.0. The summed E-state index contributed by atoms with van der Waals surface area (Å²) in [6.07, 6.45) is 3.58. The molecule has 31 heavy (non-hydrogen) atoms. The first-order valence-electron chi connectivity index (χ1n) is 10.4. The molecule has 0 radical (unpaired) electrons. The van der Waals surface area contributed by atoms with Crippen molar-refractivity contribution in [3.63, 3.8) is 0 Å². The molecular weight excluding hydrogens is 396 g/mol. The molecule has 0 bridgehead atoms. The van der Waals surface area contributed by atoms with Crippen LogP contribution in [0.4, 0.5) is 0 Å². The maximum absolute atomic E-state index is 12.7. The van der Waals surface area contributed by atoms with Gasteiger partial charge in [0.15, 0.2) is 5.78 Å². The Bertz CT molecular complexity index is 1120. The first-order chi connectivity index (χ1) is 15.2. The fourth-order valence-corrected chi connectivity index (χ4v) is 4.15. The van der Waals surface area contributed by atoms with Gasteiger partial charge in [-0.1, -0.05) is 73.7 Å². The van der Waals surface area contributed by atoms with Crippen LogP contribution in [0.5, 0.6) is 0 Å². The highest BCUT2D eigenvalue weighted by Gasteiger charge is 2.06. The summed E-state index contributed by atoms with van der Waals surface area (Å²) < 4.78 is 0. The van der Waals surface area contributed by atoms with Crippen molar-refractivity contribution < 1.29 is 4.79 Å². The van der Waals surface area contributed by atoms with E-state index in [0.717, 1.165) is 33.6 Å². The number of hydrogen-bond donors (Lipinski definition) is 0. The normalized spacial score (nSPS) is 11.0. The van der Waals surface area contributed by atoms with E-state index in [4.69, 9.17) is 0 Å². The molecule has 0 amide bonds. The Kier molecular flexibility index (Phi) is 6.81. The Morgan fingerprint density at radius 1 is 0.710 bits per heavy atom. The van der Waals surface area contributed by atoms with Gasteiger partial charge in [-0.2, -0.15) is 0 Å². The molecule has 0 aliphatic carbocycles. The van der Waals surface area contributed by atoms with Gasteiger partial charge in [-0.3, -0.25) is 4.79 Å². The van der Waals surface area contributed by atoms with Gasteiger partial charge in [-0.25, -0.2) is 0 Å². The number of benzene rings is 4. The summed E-state index contributed by atoms with van der Waals surface area (Å²) in [6.45, 7) is 2.12. The van der Waals surface area contributed by atoms with Gasteiger partial charge >= 0.3 is 0 Å². The molecule has 0 N–H and O–H groups in total. The minimum Gasteiger partial charge on any atom is -0.289 e. The van der Waals surface area contributed by atoms with Crippen LogP contribution in [0.2, 0.25) is 0 Å². The molecule has 0 heterocycles. The maximum Gasteiger partial charge on any atom is 0.185 e. The minimum absolute atomic E-state index is 0.0134. The van der Waals surface area contributed by atoms with Crippen molar-refractivity contribution in [2.45, 2.75) is 11.8 Å². The predicted octanol–water partition coefficient (Wildman–Crippen LogP) is 8.03. The maximum atomic E-state index is 12.7. The van der Waals surface area contributed by atoms with Crippen molar-refractivity contribution in [1.29, 1.82) is 0 Å². The Balaban J connectivity index is 1.66. The van der Waals surface area contributed by atoms with Crippen molar-refractivity contribution in [2.24, 2.45) is 0 Å². The van der Waals surface area contributed by atoms with E-state index in [1.54, 1.807) is 17.8 Å². The van der Waals surface area contributed by atoms with Crippen LogP contribution in [0.15, 0.2) is 114 Å². The van der Waals surface area contributed by atoms with Crippen molar-refractivity contribution in [3.8, 4) is 22.3 Å². The average Bonchev–Trinajstić information content (AvgIpc) is 2.84. The second-order valence-corrected chi connectivity index (χ2v) is 8.57. The summed E-state index contributed by atoms with van der Waals surface area (Å²) in [5, 5.41) is 0. The first-order valence-corrected chi connectivity index (χ1v) is 11.4. The molecule has 4 aromatic carbocycles. The zero-order chi connectivity index (χ0) is 21.5. The highest BCUT2D eigenvalue weighted by Crippen LogP contribution is 2.29.